The summed E-state index contributed by atoms with van der Waals surface area (Å²) < 4.78 is 0. The van der Waals surface area contributed by atoms with Crippen molar-refractivity contribution in [1.82, 2.24) is 10.6 Å². The first-order chi connectivity index (χ1) is 9.25. The third-order valence-electron chi connectivity index (χ3n) is 4.14. The van der Waals surface area contributed by atoms with Crippen molar-refractivity contribution in [3.05, 3.63) is 0 Å². The van der Waals surface area contributed by atoms with Crippen molar-refractivity contribution in [3.63, 3.8) is 0 Å². The number of nitrogens with one attached hydrogen (secondary N) is 2. The minimum Gasteiger partial charge on any atom is -0.355 e. The van der Waals surface area contributed by atoms with E-state index in [1.54, 1.807) is 0 Å². The van der Waals surface area contributed by atoms with Crippen molar-refractivity contribution in [1.29, 1.82) is 0 Å². The average Bonchev–Trinajstić information content (AvgIpc) is 2.83. The molecule has 19 heavy (non-hydrogen) atoms. The summed E-state index contributed by atoms with van der Waals surface area (Å²) in [6.45, 7) is 6.24. The lowest BCUT2D eigenvalue weighted by atomic mass is 10.0. The first-order valence-corrected chi connectivity index (χ1v) is 8.26. The van der Waals surface area contributed by atoms with Crippen LogP contribution in [-0.2, 0) is 4.79 Å². The lowest BCUT2D eigenvalue weighted by Crippen LogP contribution is -2.43. The summed E-state index contributed by atoms with van der Waals surface area (Å²) in [5.41, 5.74) is 0. The lowest BCUT2D eigenvalue weighted by molar-refractivity contribution is -0.123. The second-order valence-electron chi connectivity index (χ2n) is 5.96. The predicted molar refractivity (Wildman–Crippen MR) is 81.2 cm³/mol. The van der Waals surface area contributed by atoms with E-state index >= 15 is 0 Å². The van der Waals surface area contributed by atoms with Crippen molar-refractivity contribution in [2.45, 2.75) is 77.7 Å². The molecule has 1 fully saturated rings. The number of rotatable bonds is 10. The van der Waals surface area contributed by atoms with E-state index < -0.39 is 0 Å². The van der Waals surface area contributed by atoms with E-state index in [0.29, 0.717) is 5.92 Å². The Labute approximate surface area is 118 Å². The first kappa shape index (κ1) is 16.5. The number of amides is 1. The molecule has 1 heterocycles. The van der Waals surface area contributed by atoms with Crippen LogP contribution in [0.3, 0.4) is 0 Å². The van der Waals surface area contributed by atoms with Gasteiger partial charge in [-0.05, 0) is 25.3 Å². The first-order valence-electron chi connectivity index (χ1n) is 8.26. The van der Waals surface area contributed by atoms with E-state index in [2.05, 4.69) is 24.5 Å². The van der Waals surface area contributed by atoms with E-state index in [0.717, 1.165) is 25.9 Å². The van der Waals surface area contributed by atoms with Gasteiger partial charge in [0.05, 0.1) is 6.04 Å². The molecule has 0 aromatic rings. The maximum Gasteiger partial charge on any atom is 0.237 e. The van der Waals surface area contributed by atoms with Crippen molar-refractivity contribution in [2.75, 3.05) is 13.1 Å². The molecule has 0 aliphatic carbocycles. The Morgan fingerprint density at radius 3 is 2.32 bits per heavy atom. The minimum absolute atomic E-state index is 0.0500. The molecule has 1 aliphatic rings. The van der Waals surface area contributed by atoms with Crippen LogP contribution in [0, 0.1) is 5.92 Å². The minimum atomic E-state index is 0.0500. The van der Waals surface area contributed by atoms with Gasteiger partial charge >= 0.3 is 0 Å². The van der Waals surface area contributed by atoms with Crippen molar-refractivity contribution in [3.8, 4) is 0 Å². The number of hydrogen-bond acceptors (Lipinski definition) is 2. The van der Waals surface area contributed by atoms with Gasteiger partial charge in [0.25, 0.3) is 0 Å². The van der Waals surface area contributed by atoms with Gasteiger partial charge in [-0.15, -0.1) is 0 Å². The molecule has 1 saturated heterocycles. The highest BCUT2D eigenvalue weighted by molar-refractivity contribution is 5.82. The summed E-state index contributed by atoms with van der Waals surface area (Å²) >= 11 is 0. The van der Waals surface area contributed by atoms with E-state index in [1.165, 1.54) is 44.9 Å². The van der Waals surface area contributed by atoms with Gasteiger partial charge in [-0.3, -0.25) is 4.79 Å². The molecular formula is C16H32N2O. The molecule has 1 aliphatic heterocycles. The standard InChI is InChI=1S/C16H32N2O/c1-3-4-5-6-7-8-9-10-12-18-16(19)15-14(2)11-13-17-15/h14-15,17H,3-13H2,1-2H3,(H,18,19). The molecule has 0 spiro atoms. The fourth-order valence-electron chi connectivity index (χ4n) is 2.77. The Morgan fingerprint density at radius 1 is 1.11 bits per heavy atom. The highest BCUT2D eigenvalue weighted by Gasteiger charge is 2.28. The maximum absolute atomic E-state index is 11.9. The SMILES string of the molecule is CCCCCCCCCCNC(=O)C1NCCC1C. The number of carbonyl (C=O) groups excluding carboxylic acids is 1. The Balaban J connectivity index is 1.89. The molecule has 2 N–H and O–H groups in total. The Bertz CT molecular complexity index is 243. The summed E-state index contributed by atoms with van der Waals surface area (Å²) in [4.78, 5) is 11.9. The van der Waals surface area contributed by atoms with Crippen LogP contribution in [0.2, 0.25) is 0 Å². The third kappa shape index (κ3) is 6.95. The van der Waals surface area contributed by atoms with Crippen molar-refractivity contribution < 1.29 is 4.79 Å². The van der Waals surface area contributed by atoms with Gasteiger partial charge in [-0.1, -0.05) is 58.8 Å². The molecule has 3 heteroatoms. The van der Waals surface area contributed by atoms with Gasteiger partial charge in [-0.25, -0.2) is 0 Å². The number of carbonyl (C=O) groups is 1. The van der Waals surface area contributed by atoms with Crippen LogP contribution < -0.4 is 10.6 Å². The monoisotopic (exact) mass is 268 g/mol. The van der Waals surface area contributed by atoms with Crippen molar-refractivity contribution in [2.24, 2.45) is 5.92 Å². The van der Waals surface area contributed by atoms with Crippen LogP contribution in [0.4, 0.5) is 0 Å². The molecule has 1 amide bonds. The molecule has 2 unspecified atom stereocenters. The highest BCUT2D eigenvalue weighted by Crippen LogP contribution is 2.14. The molecule has 0 bridgehead atoms. The van der Waals surface area contributed by atoms with Gasteiger partial charge in [0.1, 0.15) is 0 Å². The van der Waals surface area contributed by atoms with Gasteiger partial charge in [0, 0.05) is 6.54 Å². The zero-order chi connectivity index (χ0) is 13.9. The summed E-state index contributed by atoms with van der Waals surface area (Å²) in [5.74, 6) is 0.687. The van der Waals surface area contributed by atoms with E-state index in [4.69, 9.17) is 0 Å². The number of unbranched alkanes of at least 4 members (excludes halogenated alkanes) is 7. The van der Waals surface area contributed by atoms with Crippen LogP contribution in [0.5, 0.6) is 0 Å². The smallest absolute Gasteiger partial charge is 0.237 e. The molecule has 0 radical (unpaired) electrons. The molecule has 3 nitrogen and oxygen atoms in total. The van der Waals surface area contributed by atoms with Gasteiger partial charge in [0.15, 0.2) is 0 Å². The quantitative estimate of drug-likeness (QED) is 0.597. The van der Waals surface area contributed by atoms with E-state index in [9.17, 15) is 4.79 Å². The van der Waals surface area contributed by atoms with Gasteiger partial charge in [-0.2, -0.15) is 0 Å². The molecule has 0 aromatic carbocycles. The number of hydrogen-bond donors (Lipinski definition) is 2. The van der Waals surface area contributed by atoms with Crippen LogP contribution >= 0.6 is 0 Å². The Hall–Kier alpha value is -0.570. The summed E-state index contributed by atoms with van der Waals surface area (Å²) in [6.07, 6.45) is 11.6. The topological polar surface area (TPSA) is 41.1 Å². The van der Waals surface area contributed by atoms with E-state index in [-0.39, 0.29) is 11.9 Å². The third-order valence-corrected chi connectivity index (χ3v) is 4.14. The summed E-state index contributed by atoms with van der Waals surface area (Å²) in [6, 6.07) is 0.0500. The Kier molecular flexibility index (Phi) is 8.89. The largest absolute Gasteiger partial charge is 0.355 e. The summed E-state index contributed by atoms with van der Waals surface area (Å²) in [5, 5.41) is 6.34. The molecule has 0 saturated carbocycles. The summed E-state index contributed by atoms with van der Waals surface area (Å²) in [7, 11) is 0. The van der Waals surface area contributed by atoms with Crippen LogP contribution in [-0.4, -0.2) is 25.0 Å². The van der Waals surface area contributed by atoms with Crippen LogP contribution in [0.25, 0.3) is 0 Å². The second-order valence-corrected chi connectivity index (χ2v) is 5.96. The van der Waals surface area contributed by atoms with Gasteiger partial charge in [0.2, 0.25) is 5.91 Å². The van der Waals surface area contributed by atoms with Crippen LogP contribution in [0.15, 0.2) is 0 Å². The fourth-order valence-corrected chi connectivity index (χ4v) is 2.77. The second kappa shape index (κ2) is 10.2. The molecule has 0 aromatic heterocycles. The average molecular weight is 268 g/mol. The molecule has 2 atom stereocenters. The van der Waals surface area contributed by atoms with E-state index in [1.807, 2.05) is 0 Å². The maximum atomic E-state index is 11.9. The molecular weight excluding hydrogens is 236 g/mol. The molecule has 1 rings (SSSR count). The lowest BCUT2D eigenvalue weighted by Gasteiger charge is -2.15. The zero-order valence-electron chi connectivity index (χ0n) is 12.8. The van der Waals surface area contributed by atoms with Crippen LogP contribution in [0.1, 0.15) is 71.6 Å². The predicted octanol–water partition coefficient (Wildman–Crippen LogP) is 3.24. The fraction of sp³-hybridized carbons (Fsp3) is 0.938. The Morgan fingerprint density at radius 2 is 1.74 bits per heavy atom. The normalized spacial score (nSPS) is 22.6. The van der Waals surface area contributed by atoms with Gasteiger partial charge < -0.3 is 10.6 Å². The van der Waals surface area contributed by atoms with Crippen molar-refractivity contribution >= 4 is 5.91 Å². The highest BCUT2D eigenvalue weighted by atomic mass is 16.2. The zero-order valence-corrected chi connectivity index (χ0v) is 12.8. The molecule has 112 valence electrons.